The van der Waals surface area contributed by atoms with Crippen LogP contribution in [0.2, 0.25) is 0 Å². The molecule has 1 aromatic carbocycles. The van der Waals surface area contributed by atoms with Crippen molar-refractivity contribution in [3.63, 3.8) is 0 Å². The van der Waals surface area contributed by atoms with Crippen LogP contribution in [0.3, 0.4) is 0 Å². The number of carbonyl (C=O) groups is 3. The summed E-state index contributed by atoms with van der Waals surface area (Å²) in [6.07, 6.45) is 5.28. The SMILES string of the molecule is CC(C)CN[C@@H]1CCCC[C@H]1Oc1ccc2c(c1)CN(C1CCC(=O)NC1=O)C2=O. The molecule has 3 aliphatic rings. The van der Waals surface area contributed by atoms with E-state index < -0.39 is 6.04 Å². The van der Waals surface area contributed by atoms with E-state index in [1.165, 1.54) is 6.42 Å². The minimum Gasteiger partial charge on any atom is -0.489 e. The van der Waals surface area contributed by atoms with Crippen molar-refractivity contribution < 1.29 is 19.1 Å². The fraction of sp³-hybridized carbons (Fsp3) is 0.609. The maximum absolute atomic E-state index is 12.8. The van der Waals surface area contributed by atoms with Crippen molar-refractivity contribution in [1.82, 2.24) is 15.5 Å². The smallest absolute Gasteiger partial charge is 0.255 e. The van der Waals surface area contributed by atoms with Crippen LogP contribution in [0.15, 0.2) is 18.2 Å². The van der Waals surface area contributed by atoms with E-state index in [0.29, 0.717) is 30.5 Å². The van der Waals surface area contributed by atoms with Crippen LogP contribution in [0.1, 0.15) is 68.3 Å². The van der Waals surface area contributed by atoms with E-state index in [1.807, 2.05) is 12.1 Å². The molecule has 2 fully saturated rings. The summed E-state index contributed by atoms with van der Waals surface area (Å²) in [5.74, 6) is 0.557. The van der Waals surface area contributed by atoms with Gasteiger partial charge in [0.25, 0.3) is 5.91 Å². The highest BCUT2D eigenvalue weighted by Crippen LogP contribution is 2.32. The molecular formula is C23H31N3O4. The van der Waals surface area contributed by atoms with Gasteiger partial charge in [-0.25, -0.2) is 0 Å². The maximum atomic E-state index is 12.8. The number of benzene rings is 1. The van der Waals surface area contributed by atoms with Crippen molar-refractivity contribution in [2.24, 2.45) is 5.92 Å². The van der Waals surface area contributed by atoms with Crippen LogP contribution in [0.4, 0.5) is 0 Å². The molecule has 1 aliphatic carbocycles. The first-order valence-electron chi connectivity index (χ1n) is 11.1. The number of ether oxygens (including phenoxy) is 1. The Morgan fingerprint density at radius 3 is 2.73 bits per heavy atom. The largest absolute Gasteiger partial charge is 0.489 e. The zero-order valence-electron chi connectivity index (χ0n) is 17.8. The van der Waals surface area contributed by atoms with Gasteiger partial charge in [0.05, 0.1) is 0 Å². The number of amides is 3. The third-order valence-corrected chi connectivity index (χ3v) is 6.27. The molecule has 1 aromatic rings. The number of nitrogens with one attached hydrogen (secondary N) is 2. The molecule has 7 nitrogen and oxygen atoms in total. The van der Waals surface area contributed by atoms with Gasteiger partial charge in [-0.3, -0.25) is 19.7 Å². The lowest BCUT2D eigenvalue weighted by atomic mass is 9.92. The highest BCUT2D eigenvalue weighted by atomic mass is 16.5. The Bertz CT molecular complexity index is 838. The summed E-state index contributed by atoms with van der Waals surface area (Å²) in [5.41, 5.74) is 1.50. The average Bonchev–Trinajstić information content (AvgIpc) is 3.03. The average molecular weight is 414 g/mol. The normalized spacial score (nSPS) is 26.7. The van der Waals surface area contributed by atoms with Gasteiger partial charge in [-0.2, -0.15) is 0 Å². The molecule has 3 amide bonds. The van der Waals surface area contributed by atoms with Gasteiger partial charge < -0.3 is 15.0 Å². The molecule has 2 heterocycles. The molecule has 0 radical (unpaired) electrons. The van der Waals surface area contributed by atoms with Crippen LogP contribution in [-0.2, 0) is 16.1 Å². The number of hydrogen-bond acceptors (Lipinski definition) is 5. The number of fused-ring (bicyclic) bond motifs is 1. The quantitative estimate of drug-likeness (QED) is 0.699. The number of nitrogens with zero attached hydrogens (tertiary/aromatic N) is 1. The Hall–Kier alpha value is -2.41. The molecule has 7 heteroatoms. The van der Waals surface area contributed by atoms with Crippen LogP contribution in [0.5, 0.6) is 5.75 Å². The third-order valence-electron chi connectivity index (χ3n) is 6.27. The molecular weight excluding hydrogens is 382 g/mol. The van der Waals surface area contributed by atoms with Gasteiger partial charge in [0.2, 0.25) is 11.8 Å². The first-order chi connectivity index (χ1) is 14.4. The van der Waals surface area contributed by atoms with Gasteiger partial charge in [0, 0.05) is 24.6 Å². The van der Waals surface area contributed by atoms with E-state index in [1.54, 1.807) is 11.0 Å². The molecule has 0 spiro atoms. The first-order valence-corrected chi connectivity index (χ1v) is 11.1. The molecule has 1 saturated carbocycles. The van der Waals surface area contributed by atoms with E-state index >= 15 is 0 Å². The van der Waals surface area contributed by atoms with Gasteiger partial charge in [0.1, 0.15) is 17.9 Å². The summed E-state index contributed by atoms with van der Waals surface area (Å²) in [4.78, 5) is 38.0. The van der Waals surface area contributed by atoms with Crippen LogP contribution in [-0.4, -0.2) is 47.4 Å². The molecule has 162 valence electrons. The second kappa shape index (κ2) is 8.76. The summed E-state index contributed by atoms with van der Waals surface area (Å²) in [7, 11) is 0. The van der Waals surface area contributed by atoms with Crippen molar-refractivity contribution in [3.8, 4) is 5.75 Å². The molecule has 2 aliphatic heterocycles. The van der Waals surface area contributed by atoms with Crippen molar-refractivity contribution in [2.75, 3.05) is 6.54 Å². The van der Waals surface area contributed by atoms with Crippen LogP contribution >= 0.6 is 0 Å². The first kappa shape index (κ1) is 20.8. The summed E-state index contributed by atoms with van der Waals surface area (Å²) in [6, 6.07) is 5.36. The molecule has 0 aromatic heterocycles. The molecule has 1 unspecified atom stereocenters. The lowest BCUT2D eigenvalue weighted by molar-refractivity contribution is -0.136. The van der Waals surface area contributed by atoms with Gasteiger partial charge >= 0.3 is 0 Å². The number of imide groups is 1. The van der Waals surface area contributed by atoms with Crippen molar-refractivity contribution in [1.29, 1.82) is 0 Å². The third kappa shape index (κ3) is 4.36. The highest BCUT2D eigenvalue weighted by Gasteiger charge is 2.39. The highest BCUT2D eigenvalue weighted by molar-refractivity contribution is 6.05. The predicted octanol–water partition coefficient (Wildman–Crippen LogP) is 2.38. The summed E-state index contributed by atoms with van der Waals surface area (Å²) in [6.45, 7) is 5.76. The molecule has 2 N–H and O–H groups in total. The Morgan fingerprint density at radius 1 is 1.17 bits per heavy atom. The van der Waals surface area contributed by atoms with E-state index in [2.05, 4.69) is 24.5 Å². The predicted molar refractivity (Wildman–Crippen MR) is 112 cm³/mol. The Balaban J connectivity index is 1.44. The van der Waals surface area contributed by atoms with Crippen molar-refractivity contribution in [2.45, 2.75) is 77.1 Å². The minimum absolute atomic E-state index is 0.124. The topological polar surface area (TPSA) is 87.7 Å². The molecule has 3 atom stereocenters. The number of piperidine rings is 1. The summed E-state index contributed by atoms with van der Waals surface area (Å²) in [5, 5.41) is 5.99. The maximum Gasteiger partial charge on any atom is 0.255 e. The minimum atomic E-state index is -0.588. The molecule has 1 saturated heterocycles. The second-order valence-corrected chi connectivity index (χ2v) is 9.07. The van der Waals surface area contributed by atoms with Crippen LogP contribution < -0.4 is 15.4 Å². The second-order valence-electron chi connectivity index (χ2n) is 9.07. The fourth-order valence-electron chi connectivity index (χ4n) is 4.66. The lowest BCUT2D eigenvalue weighted by Crippen LogP contribution is -2.52. The standard InChI is InChI=1S/C23H31N3O4/c1-14(2)12-24-18-5-3-4-6-20(18)30-16-7-8-17-15(11-16)13-26(23(17)29)19-9-10-21(27)25-22(19)28/h7-8,11,14,18-20,24H,3-6,9-10,12-13H2,1-2H3,(H,25,27,28)/t18-,19?,20-/m1/s1. The monoisotopic (exact) mass is 413 g/mol. The van der Waals surface area contributed by atoms with Crippen LogP contribution in [0.25, 0.3) is 0 Å². The fourth-order valence-corrected chi connectivity index (χ4v) is 4.66. The zero-order chi connectivity index (χ0) is 21.3. The van der Waals surface area contributed by atoms with E-state index in [4.69, 9.17) is 4.74 Å². The number of carbonyl (C=O) groups excluding carboxylic acids is 3. The Labute approximate surface area is 177 Å². The van der Waals surface area contributed by atoms with Gasteiger partial charge in [-0.05, 0) is 61.9 Å². The Morgan fingerprint density at radius 2 is 1.97 bits per heavy atom. The summed E-state index contributed by atoms with van der Waals surface area (Å²) >= 11 is 0. The number of hydrogen-bond donors (Lipinski definition) is 2. The van der Waals surface area contributed by atoms with Gasteiger partial charge in [-0.1, -0.05) is 20.3 Å². The lowest BCUT2D eigenvalue weighted by Gasteiger charge is -2.33. The number of rotatable bonds is 6. The van der Waals surface area contributed by atoms with Crippen molar-refractivity contribution >= 4 is 17.7 Å². The zero-order valence-corrected chi connectivity index (χ0v) is 17.8. The summed E-state index contributed by atoms with van der Waals surface area (Å²) < 4.78 is 6.36. The van der Waals surface area contributed by atoms with E-state index in [0.717, 1.165) is 37.1 Å². The Kier molecular flexibility index (Phi) is 6.09. The molecule has 4 rings (SSSR count). The van der Waals surface area contributed by atoms with Gasteiger partial charge in [0.15, 0.2) is 0 Å². The molecule has 30 heavy (non-hydrogen) atoms. The van der Waals surface area contributed by atoms with E-state index in [9.17, 15) is 14.4 Å². The van der Waals surface area contributed by atoms with E-state index in [-0.39, 0.29) is 30.2 Å². The van der Waals surface area contributed by atoms with Crippen molar-refractivity contribution in [3.05, 3.63) is 29.3 Å². The van der Waals surface area contributed by atoms with Crippen LogP contribution in [0, 0.1) is 5.92 Å². The molecule has 0 bridgehead atoms. The van der Waals surface area contributed by atoms with Gasteiger partial charge in [-0.15, -0.1) is 0 Å².